The van der Waals surface area contributed by atoms with E-state index in [1.54, 1.807) is 21.0 Å². The van der Waals surface area contributed by atoms with Crippen LogP contribution in [-0.4, -0.2) is 82.1 Å². The van der Waals surface area contributed by atoms with Crippen LogP contribution in [0.3, 0.4) is 0 Å². The van der Waals surface area contributed by atoms with Gasteiger partial charge in [-0.2, -0.15) is 0 Å². The SMILES string of the molecule is COCCOc1ccc2c(c1)nc(NCCCCNC(=O)C(NC(=O)[C@@H](O)C(C)C)C(C)C)c1nnc(C)n12. The number of fused-ring (bicyclic) bond motifs is 3. The quantitative estimate of drug-likeness (QED) is 0.211. The average molecular weight is 544 g/mol. The molecule has 214 valence electrons. The molecule has 0 aliphatic rings. The number of benzene rings is 1. The molecular weight excluding hydrogens is 502 g/mol. The van der Waals surface area contributed by atoms with Crippen molar-refractivity contribution in [2.24, 2.45) is 11.8 Å². The summed E-state index contributed by atoms with van der Waals surface area (Å²) in [4.78, 5) is 29.7. The molecule has 0 saturated heterocycles. The van der Waals surface area contributed by atoms with Crippen molar-refractivity contribution in [2.45, 2.75) is 59.6 Å². The number of nitrogens with one attached hydrogen (secondary N) is 3. The number of anilines is 1. The number of methoxy groups -OCH3 is 1. The number of aliphatic hydroxyl groups excluding tert-OH is 1. The normalized spacial score (nSPS) is 13.2. The molecule has 1 unspecified atom stereocenters. The molecule has 12 nitrogen and oxygen atoms in total. The first kappa shape index (κ1) is 30.0. The fourth-order valence-electron chi connectivity index (χ4n) is 4.06. The number of amides is 2. The molecule has 2 aromatic heterocycles. The van der Waals surface area contributed by atoms with Gasteiger partial charge in [-0.15, -0.1) is 10.2 Å². The topological polar surface area (TPSA) is 152 Å². The van der Waals surface area contributed by atoms with E-state index < -0.39 is 18.1 Å². The molecule has 3 aromatic rings. The van der Waals surface area contributed by atoms with Gasteiger partial charge in [0.15, 0.2) is 5.82 Å². The van der Waals surface area contributed by atoms with E-state index in [0.29, 0.717) is 43.5 Å². The van der Waals surface area contributed by atoms with E-state index >= 15 is 0 Å². The Labute approximate surface area is 228 Å². The highest BCUT2D eigenvalue weighted by Gasteiger charge is 2.28. The second-order valence-corrected chi connectivity index (χ2v) is 10.2. The van der Waals surface area contributed by atoms with Gasteiger partial charge in [0, 0.05) is 26.3 Å². The molecule has 2 heterocycles. The van der Waals surface area contributed by atoms with Gasteiger partial charge in [-0.1, -0.05) is 27.7 Å². The lowest BCUT2D eigenvalue weighted by Crippen LogP contribution is -2.53. The van der Waals surface area contributed by atoms with Crippen molar-refractivity contribution in [3.05, 3.63) is 24.0 Å². The smallest absolute Gasteiger partial charge is 0.249 e. The Balaban J connectivity index is 1.56. The molecule has 1 aromatic carbocycles. The van der Waals surface area contributed by atoms with Crippen molar-refractivity contribution >= 4 is 34.3 Å². The van der Waals surface area contributed by atoms with Gasteiger partial charge in [0.2, 0.25) is 17.5 Å². The number of hydrogen-bond acceptors (Lipinski definition) is 9. The van der Waals surface area contributed by atoms with Crippen molar-refractivity contribution < 1.29 is 24.2 Å². The van der Waals surface area contributed by atoms with Crippen molar-refractivity contribution in [1.29, 1.82) is 0 Å². The van der Waals surface area contributed by atoms with Crippen molar-refractivity contribution in [1.82, 2.24) is 30.2 Å². The zero-order valence-electron chi connectivity index (χ0n) is 23.7. The zero-order chi connectivity index (χ0) is 28.5. The van der Waals surface area contributed by atoms with E-state index in [1.165, 1.54) is 0 Å². The summed E-state index contributed by atoms with van der Waals surface area (Å²) in [6.07, 6.45) is 0.341. The predicted octanol–water partition coefficient (Wildman–Crippen LogP) is 2.08. The van der Waals surface area contributed by atoms with E-state index in [9.17, 15) is 14.7 Å². The molecule has 0 aliphatic heterocycles. The summed E-state index contributed by atoms with van der Waals surface area (Å²) >= 11 is 0. The molecule has 4 N–H and O–H groups in total. The maximum Gasteiger partial charge on any atom is 0.249 e. The highest BCUT2D eigenvalue weighted by molar-refractivity contribution is 5.89. The number of aromatic nitrogens is 4. The van der Waals surface area contributed by atoms with Crippen LogP contribution in [-0.2, 0) is 14.3 Å². The Kier molecular flexibility index (Phi) is 10.8. The summed E-state index contributed by atoms with van der Waals surface area (Å²) in [7, 11) is 1.63. The highest BCUT2D eigenvalue weighted by atomic mass is 16.5. The lowest BCUT2D eigenvalue weighted by Gasteiger charge is -2.24. The van der Waals surface area contributed by atoms with Crippen LogP contribution >= 0.6 is 0 Å². The predicted molar refractivity (Wildman–Crippen MR) is 149 cm³/mol. The van der Waals surface area contributed by atoms with Gasteiger partial charge in [-0.3, -0.25) is 14.0 Å². The Bertz CT molecular complexity index is 1260. The largest absolute Gasteiger partial charge is 0.491 e. The third-order valence-corrected chi connectivity index (χ3v) is 6.36. The first-order valence-corrected chi connectivity index (χ1v) is 13.4. The molecule has 0 aliphatic carbocycles. The third-order valence-electron chi connectivity index (χ3n) is 6.36. The molecule has 0 bridgehead atoms. The number of unbranched alkanes of at least 4 members (excludes halogenated alkanes) is 1. The number of nitrogens with zero attached hydrogens (tertiary/aromatic N) is 4. The van der Waals surface area contributed by atoms with Gasteiger partial charge in [0.25, 0.3) is 0 Å². The minimum Gasteiger partial charge on any atom is -0.491 e. The Morgan fingerprint density at radius 3 is 2.46 bits per heavy atom. The zero-order valence-corrected chi connectivity index (χ0v) is 23.7. The fraction of sp³-hybridized carbons (Fsp3) is 0.593. The van der Waals surface area contributed by atoms with E-state index in [1.807, 2.05) is 43.4 Å². The van der Waals surface area contributed by atoms with Crippen molar-refractivity contribution in [2.75, 3.05) is 38.7 Å². The monoisotopic (exact) mass is 543 g/mol. The Hall–Kier alpha value is -3.51. The summed E-state index contributed by atoms with van der Waals surface area (Å²) in [5, 5.41) is 27.4. The van der Waals surface area contributed by atoms with Crippen LogP contribution in [0.25, 0.3) is 16.7 Å². The van der Waals surface area contributed by atoms with Crippen LogP contribution < -0.4 is 20.7 Å². The number of carbonyl (C=O) groups is 2. The lowest BCUT2D eigenvalue weighted by molar-refractivity contribution is -0.136. The molecule has 0 fully saturated rings. The highest BCUT2D eigenvalue weighted by Crippen LogP contribution is 2.25. The molecule has 0 spiro atoms. The number of hydrogen-bond donors (Lipinski definition) is 4. The minimum atomic E-state index is -1.15. The van der Waals surface area contributed by atoms with Gasteiger partial charge in [0.05, 0.1) is 17.6 Å². The summed E-state index contributed by atoms with van der Waals surface area (Å²) in [5.74, 6) is 0.931. The van der Waals surface area contributed by atoms with Gasteiger partial charge < -0.3 is 30.5 Å². The maximum atomic E-state index is 12.7. The number of ether oxygens (including phenoxy) is 2. The van der Waals surface area contributed by atoms with Crippen molar-refractivity contribution in [3.8, 4) is 5.75 Å². The number of aryl methyl sites for hydroxylation is 1. The molecule has 39 heavy (non-hydrogen) atoms. The number of carbonyl (C=O) groups excluding carboxylic acids is 2. The van der Waals surface area contributed by atoms with E-state index in [0.717, 1.165) is 29.7 Å². The number of rotatable bonds is 15. The molecular formula is C27H41N7O5. The minimum absolute atomic E-state index is 0.117. The van der Waals surface area contributed by atoms with E-state index in [-0.39, 0.29) is 17.7 Å². The standard InChI is InChI=1S/C27H41N7O5/c1-16(2)22(31-27(37)23(35)17(3)4)26(36)29-12-8-7-11-28-24-25-33-32-18(5)34(25)21-10-9-19(15-20(21)30-24)39-14-13-38-6/h9-10,15-17,22-23,35H,7-8,11-14H2,1-6H3,(H,28,30)(H,29,36)(H,31,37)/t22?,23-/m0/s1. The molecule has 12 heteroatoms. The Morgan fingerprint density at radius 2 is 1.77 bits per heavy atom. The maximum absolute atomic E-state index is 12.7. The third kappa shape index (κ3) is 7.76. The molecule has 2 amide bonds. The van der Waals surface area contributed by atoms with Crippen LogP contribution in [0.1, 0.15) is 46.4 Å². The first-order valence-electron chi connectivity index (χ1n) is 13.4. The first-order chi connectivity index (χ1) is 18.6. The Morgan fingerprint density at radius 1 is 1.03 bits per heavy atom. The van der Waals surface area contributed by atoms with Crippen LogP contribution in [0.5, 0.6) is 5.75 Å². The average Bonchev–Trinajstić information content (AvgIpc) is 3.30. The summed E-state index contributed by atoms with van der Waals surface area (Å²) in [6, 6.07) is 5.01. The van der Waals surface area contributed by atoms with E-state index in [4.69, 9.17) is 14.5 Å². The van der Waals surface area contributed by atoms with Crippen LogP contribution in [0.4, 0.5) is 5.82 Å². The van der Waals surface area contributed by atoms with Crippen LogP contribution in [0, 0.1) is 18.8 Å². The summed E-state index contributed by atoms with van der Waals surface area (Å²) in [6.45, 7) is 11.1. The van der Waals surface area contributed by atoms with Gasteiger partial charge in [-0.05, 0) is 43.7 Å². The molecule has 0 saturated carbocycles. The van der Waals surface area contributed by atoms with Gasteiger partial charge in [0.1, 0.15) is 30.3 Å². The lowest BCUT2D eigenvalue weighted by atomic mass is 10.0. The molecule has 3 rings (SSSR count). The molecule has 2 atom stereocenters. The second-order valence-electron chi connectivity index (χ2n) is 10.2. The van der Waals surface area contributed by atoms with Crippen molar-refractivity contribution in [3.63, 3.8) is 0 Å². The second kappa shape index (κ2) is 14.0. The fourth-order valence-corrected chi connectivity index (χ4v) is 4.06. The molecule has 0 radical (unpaired) electrons. The van der Waals surface area contributed by atoms with Crippen LogP contribution in [0.2, 0.25) is 0 Å². The van der Waals surface area contributed by atoms with Gasteiger partial charge >= 0.3 is 0 Å². The van der Waals surface area contributed by atoms with E-state index in [2.05, 4.69) is 26.1 Å². The van der Waals surface area contributed by atoms with Crippen LogP contribution in [0.15, 0.2) is 18.2 Å². The summed E-state index contributed by atoms with van der Waals surface area (Å²) < 4.78 is 12.8. The summed E-state index contributed by atoms with van der Waals surface area (Å²) in [5.41, 5.74) is 2.27. The number of aliphatic hydroxyl groups is 1. The van der Waals surface area contributed by atoms with Gasteiger partial charge in [-0.25, -0.2) is 4.98 Å².